The lowest BCUT2D eigenvalue weighted by molar-refractivity contribution is -0.142. The van der Waals surface area contributed by atoms with E-state index in [1.54, 1.807) is 30.3 Å². The SMILES string of the molecule is Cc1ccc(CNC(=O)c2ccccc2NC(=O)COC(=O)/C=C/c2ccc3ccccc3n2)cc1. The first kappa shape index (κ1) is 24.3. The maximum Gasteiger partial charge on any atom is 0.331 e. The second kappa shape index (κ2) is 11.6. The topological polar surface area (TPSA) is 97.4 Å². The average Bonchev–Trinajstić information content (AvgIpc) is 2.90. The van der Waals surface area contributed by atoms with Gasteiger partial charge in [0.25, 0.3) is 11.8 Å². The lowest BCUT2D eigenvalue weighted by Gasteiger charge is -2.11. The number of rotatable bonds is 8. The maximum atomic E-state index is 12.7. The van der Waals surface area contributed by atoms with E-state index in [0.29, 0.717) is 23.5 Å². The molecule has 0 saturated heterocycles. The zero-order valence-corrected chi connectivity index (χ0v) is 19.7. The van der Waals surface area contributed by atoms with Gasteiger partial charge in [-0.3, -0.25) is 9.59 Å². The van der Waals surface area contributed by atoms with Crippen LogP contribution in [0.2, 0.25) is 0 Å². The van der Waals surface area contributed by atoms with E-state index in [4.69, 9.17) is 4.74 Å². The van der Waals surface area contributed by atoms with Crippen molar-refractivity contribution in [2.24, 2.45) is 0 Å². The van der Waals surface area contributed by atoms with Crippen molar-refractivity contribution in [2.75, 3.05) is 11.9 Å². The summed E-state index contributed by atoms with van der Waals surface area (Å²) in [6.45, 7) is 1.86. The van der Waals surface area contributed by atoms with E-state index in [2.05, 4.69) is 15.6 Å². The van der Waals surface area contributed by atoms with E-state index in [-0.39, 0.29) is 5.91 Å². The summed E-state index contributed by atoms with van der Waals surface area (Å²) in [5, 5.41) is 6.48. The number of para-hydroxylation sites is 2. The number of aryl methyl sites for hydroxylation is 1. The number of nitrogens with zero attached hydrogens (tertiary/aromatic N) is 1. The Hall–Kier alpha value is -4.78. The van der Waals surface area contributed by atoms with Crippen LogP contribution in [0.4, 0.5) is 5.69 Å². The maximum absolute atomic E-state index is 12.7. The lowest BCUT2D eigenvalue weighted by atomic mass is 10.1. The van der Waals surface area contributed by atoms with Crippen LogP contribution >= 0.6 is 0 Å². The summed E-state index contributed by atoms with van der Waals surface area (Å²) >= 11 is 0. The minimum Gasteiger partial charge on any atom is -0.452 e. The smallest absolute Gasteiger partial charge is 0.331 e. The molecule has 0 saturated carbocycles. The molecule has 0 fully saturated rings. The Morgan fingerprint density at radius 1 is 0.889 bits per heavy atom. The van der Waals surface area contributed by atoms with Crippen LogP contribution < -0.4 is 10.6 Å². The first-order chi connectivity index (χ1) is 17.5. The average molecular weight is 480 g/mol. The Morgan fingerprint density at radius 3 is 2.47 bits per heavy atom. The second-order valence-electron chi connectivity index (χ2n) is 8.13. The Labute approximate surface area is 208 Å². The zero-order chi connectivity index (χ0) is 25.3. The third-order valence-corrected chi connectivity index (χ3v) is 5.38. The summed E-state index contributed by atoms with van der Waals surface area (Å²) in [7, 11) is 0. The molecule has 1 aromatic heterocycles. The van der Waals surface area contributed by atoms with Crippen LogP contribution in [-0.4, -0.2) is 29.4 Å². The van der Waals surface area contributed by atoms with E-state index in [0.717, 1.165) is 22.0 Å². The number of ether oxygens (including phenoxy) is 1. The van der Waals surface area contributed by atoms with Crippen LogP contribution in [0.5, 0.6) is 0 Å². The predicted octanol–water partition coefficient (Wildman–Crippen LogP) is 4.67. The number of anilines is 1. The molecule has 0 aliphatic rings. The van der Waals surface area contributed by atoms with E-state index in [9.17, 15) is 14.4 Å². The van der Waals surface area contributed by atoms with Crippen molar-refractivity contribution in [3.05, 3.63) is 113 Å². The molecule has 2 N–H and O–H groups in total. The fourth-order valence-electron chi connectivity index (χ4n) is 3.47. The molecule has 4 rings (SSSR count). The third kappa shape index (κ3) is 6.64. The molecule has 0 bridgehead atoms. The molecule has 0 radical (unpaired) electrons. The number of benzene rings is 3. The zero-order valence-electron chi connectivity index (χ0n) is 19.7. The molecule has 0 aliphatic carbocycles. The van der Waals surface area contributed by atoms with Gasteiger partial charge in [0.1, 0.15) is 0 Å². The molecule has 3 aromatic carbocycles. The number of amides is 2. The van der Waals surface area contributed by atoms with Crippen molar-refractivity contribution in [3.8, 4) is 0 Å². The van der Waals surface area contributed by atoms with E-state index in [1.807, 2.05) is 61.5 Å². The van der Waals surface area contributed by atoms with Gasteiger partial charge in [-0.15, -0.1) is 0 Å². The molecule has 0 aliphatic heterocycles. The van der Waals surface area contributed by atoms with Gasteiger partial charge in [-0.1, -0.05) is 66.2 Å². The molecule has 36 heavy (non-hydrogen) atoms. The molecule has 0 unspecified atom stereocenters. The number of carbonyl (C=O) groups is 3. The van der Waals surface area contributed by atoms with Crippen molar-refractivity contribution < 1.29 is 19.1 Å². The Kier molecular flexibility index (Phi) is 7.83. The van der Waals surface area contributed by atoms with Gasteiger partial charge in [0.2, 0.25) is 0 Å². The van der Waals surface area contributed by atoms with Gasteiger partial charge in [-0.2, -0.15) is 0 Å². The van der Waals surface area contributed by atoms with Crippen LogP contribution in [0.1, 0.15) is 27.2 Å². The minimum absolute atomic E-state index is 0.312. The Morgan fingerprint density at radius 2 is 1.64 bits per heavy atom. The third-order valence-electron chi connectivity index (χ3n) is 5.38. The summed E-state index contributed by atoms with van der Waals surface area (Å²) in [6.07, 6.45) is 2.75. The highest BCUT2D eigenvalue weighted by Gasteiger charge is 2.14. The molecular weight excluding hydrogens is 454 g/mol. The van der Waals surface area contributed by atoms with Gasteiger partial charge in [0, 0.05) is 18.0 Å². The number of pyridine rings is 1. The summed E-state index contributed by atoms with van der Waals surface area (Å²) in [4.78, 5) is 41.6. The molecule has 2 amide bonds. The first-order valence-electron chi connectivity index (χ1n) is 11.4. The summed E-state index contributed by atoms with van der Waals surface area (Å²) in [6, 6.07) is 25.9. The highest BCUT2D eigenvalue weighted by Crippen LogP contribution is 2.16. The molecule has 1 heterocycles. The molecule has 0 atom stereocenters. The molecule has 7 nitrogen and oxygen atoms in total. The van der Waals surface area contributed by atoms with Crippen LogP contribution in [-0.2, 0) is 20.9 Å². The van der Waals surface area contributed by atoms with Gasteiger partial charge >= 0.3 is 5.97 Å². The van der Waals surface area contributed by atoms with Crippen LogP contribution in [0, 0.1) is 6.92 Å². The van der Waals surface area contributed by atoms with Gasteiger partial charge in [-0.25, -0.2) is 9.78 Å². The van der Waals surface area contributed by atoms with Crippen LogP contribution in [0.3, 0.4) is 0 Å². The van der Waals surface area contributed by atoms with Crippen molar-refractivity contribution in [1.29, 1.82) is 0 Å². The van der Waals surface area contributed by atoms with Crippen LogP contribution in [0.25, 0.3) is 17.0 Å². The number of fused-ring (bicyclic) bond motifs is 1. The normalized spacial score (nSPS) is 10.8. The fourth-order valence-corrected chi connectivity index (χ4v) is 3.47. The number of esters is 1. The summed E-state index contributed by atoms with van der Waals surface area (Å²) in [5.74, 6) is -1.56. The van der Waals surface area contributed by atoms with E-state index < -0.39 is 18.5 Å². The van der Waals surface area contributed by atoms with Crippen molar-refractivity contribution >= 4 is 40.4 Å². The van der Waals surface area contributed by atoms with E-state index in [1.165, 1.54) is 12.2 Å². The molecule has 0 spiro atoms. The highest BCUT2D eigenvalue weighted by molar-refractivity contribution is 6.04. The molecule has 4 aromatic rings. The van der Waals surface area contributed by atoms with Crippen molar-refractivity contribution in [3.63, 3.8) is 0 Å². The number of aromatic nitrogens is 1. The van der Waals surface area contributed by atoms with Gasteiger partial charge < -0.3 is 15.4 Å². The largest absolute Gasteiger partial charge is 0.452 e. The molecular formula is C29H25N3O4. The first-order valence-corrected chi connectivity index (χ1v) is 11.4. The quantitative estimate of drug-likeness (QED) is 0.283. The monoisotopic (exact) mass is 479 g/mol. The number of hydrogen-bond acceptors (Lipinski definition) is 5. The van der Waals surface area contributed by atoms with Gasteiger partial charge in [-0.05, 0) is 42.8 Å². The number of nitrogens with one attached hydrogen (secondary N) is 2. The summed E-state index contributed by atoms with van der Waals surface area (Å²) < 4.78 is 5.03. The van der Waals surface area contributed by atoms with Crippen LogP contribution in [0.15, 0.2) is 91.0 Å². The standard InChI is InChI=1S/C29H25N3O4/c1-20-10-12-21(13-11-20)18-30-29(35)24-7-3-5-9-26(24)32-27(33)19-36-28(34)17-16-23-15-14-22-6-2-4-8-25(22)31-23/h2-17H,18-19H2,1H3,(H,30,35)(H,32,33)/b17-16+. The number of hydrogen-bond donors (Lipinski definition) is 2. The summed E-state index contributed by atoms with van der Waals surface area (Å²) in [5.41, 5.74) is 4.16. The molecule has 7 heteroatoms. The Bertz CT molecular complexity index is 1430. The van der Waals surface area contributed by atoms with Crippen molar-refractivity contribution in [2.45, 2.75) is 13.5 Å². The lowest BCUT2D eigenvalue weighted by Crippen LogP contribution is -2.26. The fraction of sp³-hybridized carbons (Fsp3) is 0.103. The molecule has 180 valence electrons. The highest BCUT2D eigenvalue weighted by atomic mass is 16.5. The number of carbonyl (C=O) groups excluding carboxylic acids is 3. The van der Waals surface area contributed by atoms with Gasteiger partial charge in [0.15, 0.2) is 6.61 Å². The van der Waals surface area contributed by atoms with E-state index >= 15 is 0 Å². The van der Waals surface area contributed by atoms with Crippen molar-refractivity contribution in [1.82, 2.24) is 10.3 Å². The Balaban J connectivity index is 1.29. The second-order valence-corrected chi connectivity index (χ2v) is 8.13. The predicted molar refractivity (Wildman–Crippen MR) is 139 cm³/mol. The minimum atomic E-state index is -0.677. The van der Waals surface area contributed by atoms with Gasteiger partial charge in [0.05, 0.1) is 22.5 Å².